The van der Waals surface area contributed by atoms with Gasteiger partial charge in [-0.3, -0.25) is 4.90 Å². The summed E-state index contributed by atoms with van der Waals surface area (Å²) < 4.78 is 0. The second-order valence-electron chi connectivity index (χ2n) is 4.70. The van der Waals surface area contributed by atoms with E-state index in [2.05, 4.69) is 42.3 Å². The molecule has 0 amide bonds. The third kappa shape index (κ3) is 3.95. The molecule has 0 radical (unpaired) electrons. The molecule has 0 saturated carbocycles. The van der Waals surface area contributed by atoms with Crippen molar-refractivity contribution in [1.82, 2.24) is 10.2 Å². The lowest BCUT2D eigenvalue weighted by atomic mass is 10.1. The minimum Gasteiger partial charge on any atom is -0.312 e. The van der Waals surface area contributed by atoms with Crippen LogP contribution in [0.1, 0.15) is 30.0 Å². The number of thiophene rings is 1. The molecule has 94 valence electrons. The summed E-state index contributed by atoms with van der Waals surface area (Å²) in [5, 5.41) is 3.38. The Morgan fingerprint density at radius 2 is 2.18 bits per heavy atom. The molecular formula is C14H22N2S. The Bertz CT molecular complexity index is 381. The van der Waals surface area contributed by atoms with E-state index in [-0.39, 0.29) is 0 Å². The van der Waals surface area contributed by atoms with Gasteiger partial charge in [-0.15, -0.1) is 11.3 Å². The summed E-state index contributed by atoms with van der Waals surface area (Å²) in [4.78, 5) is 5.48. The van der Waals surface area contributed by atoms with E-state index < -0.39 is 0 Å². The van der Waals surface area contributed by atoms with Gasteiger partial charge in [0.25, 0.3) is 0 Å². The van der Waals surface area contributed by atoms with Crippen LogP contribution in [0.3, 0.4) is 0 Å². The van der Waals surface area contributed by atoms with Crippen LogP contribution in [-0.4, -0.2) is 24.5 Å². The van der Waals surface area contributed by atoms with Crippen LogP contribution in [0, 0.1) is 0 Å². The average molecular weight is 250 g/mol. The number of rotatable bonds is 5. The monoisotopic (exact) mass is 250 g/mol. The SMILES string of the molecule is CCNCc1ccc(CN2CCC=C(C)C2)s1. The van der Waals surface area contributed by atoms with Crippen molar-refractivity contribution in [3.8, 4) is 0 Å². The molecule has 2 nitrogen and oxygen atoms in total. The van der Waals surface area contributed by atoms with Crippen molar-refractivity contribution in [2.75, 3.05) is 19.6 Å². The molecule has 0 atom stereocenters. The first-order valence-corrected chi connectivity index (χ1v) is 7.26. The zero-order valence-electron chi connectivity index (χ0n) is 10.8. The molecule has 0 aliphatic carbocycles. The smallest absolute Gasteiger partial charge is 0.0331 e. The third-order valence-corrected chi connectivity index (χ3v) is 4.13. The number of nitrogens with zero attached hydrogens (tertiary/aromatic N) is 1. The molecule has 0 aromatic carbocycles. The molecule has 1 N–H and O–H groups in total. The highest BCUT2D eigenvalue weighted by Gasteiger charge is 2.11. The zero-order chi connectivity index (χ0) is 12.1. The predicted octanol–water partition coefficient (Wildman–Crippen LogP) is 3.01. The van der Waals surface area contributed by atoms with Crippen molar-refractivity contribution in [3.63, 3.8) is 0 Å². The van der Waals surface area contributed by atoms with E-state index in [4.69, 9.17) is 0 Å². The van der Waals surface area contributed by atoms with Crippen LogP contribution in [0.25, 0.3) is 0 Å². The van der Waals surface area contributed by atoms with Crippen molar-refractivity contribution >= 4 is 11.3 Å². The van der Waals surface area contributed by atoms with Crippen molar-refractivity contribution < 1.29 is 0 Å². The molecule has 0 bridgehead atoms. The van der Waals surface area contributed by atoms with E-state index in [9.17, 15) is 0 Å². The molecule has 0 spiro atoms. The van der Waals surface area contributed by atoms with E-state index >= 15 is 0 Å². The van der Waals surface area contributed by atoms with Crippen LogP contribution in [0.2, 0.25) is 0 Å². The fraction of sp³-hybridized carbons (Fsp3) is 0.571. The number of nitrogens with one attached hydrogen (secondary N) is 1. The highest BCUT2D eigenvalue weighted by Crippen LogP contribution is 2.20. The summed E-state index contributed by atoms with van der Waals surface area (Å²) >= 11 is 1.94. The van der Waals surface area contributed by atoms with Gasteiger partial charge in [0.2, 0.25) is 0 Å². The second-order valence-corrected chi connectivity index (χ2v) is 5.95. The molecular weight excluding hydrogens is 228 g/mol. The Morgan fingerprint density at radius 1 is 1.35 bits per heavy atom. The Morgan fingerprint density at radius 3 is 2.94 bits per heavy atom. The van der Waals surface area contributed by atoms with Crippen molar-refractivity contribution in [2.45, 2.75) is 33.4 Å². The minimum atomic E-state index is 1.01. The first-order chi connectivity index (χ1) is 8.28. The molecule has 0 unspecified atom stereocenters. The maximum absolute atomic E-state index is 3.38. The normalized spacial score (nSPS) is 17.2. The van der Waals surface area contributed by atoms with Crippen LogP contribution in [0.15, 0.2) is 23.8 Å². The zero-order valence-corrected chi connectivity index (χ0v) is 11.6. The van der Waals surface area contributed by atoms with Gasteiger partial charge in [-0.2, -0.15) is 0 Å². The van der Waals surface area contributed by atoms with Crippen LogP contribution in [0.4, 0.5) is 0 Å². The summed E-state index contributed by atoms with van der Waals surface area (Å²) in [5.41, 5.74) is 1.51. The minimum absolute atomic E-state index is 1.01. The molecule has 1 aliphatic heterocycles. The first kappa shape index (κ1) is 12.8. The first-order valence-electron chi connectivity index (χ1n) is 6.44. The molecule has 2 heterocycles. The van der Waals surface area contributed by atoms with Gasteiger partial charge in [0.05, 0.1) is 0 Å². The summed E-state index contributed by atoms with van der Waals surface area (Å²) in [5.74, 6) is 0. The summed E-state index contributed by atoms with van der Waals surface area (Å²) in [6, 6.07) is 4.54. The molecule has 2 rings (SSSR count). The van der Waals surface area contributed by atoms with Crippen LogP contribution in [0.5, 0.6) is 0 Å². The Hall–Kier alpha value is -0.640. The molecule has 17 heavy (non-hydrogen) atoms. The molecule has 0 saturated heterocycles. The summed E-state index contributed by atoms with van der Waals surface area (Å²) in [7, 11) is 0. The topological polar surface area (TPSA) is 15.3 Å². The quantitative estimate of drug-likeness (QED) is 0.808. The van der Waals surface area contributed by atoms with Crippen LogP contribution < -0.4 is 5.32 Å². The van der Waals surface area contributed by atoms with E-state index in [1.54, 1.807) is 0 Å². The van der Waals surface area contributed by atoms with E-state index in [1.165, 1.54) is 28.3 Å². The number of hydrogen-bond acceptors (Lipinski definition) is 3. The molecule has 3 heteroatoms. The third-order valence-electron chi connectivity index (χ3n) is 3.06. The van der Waals surface area contributed by atoms with Gasteiger partial charge in [-0.1, -0.05) is 18.6 Å². The lowest BCUT2D eigenvalue weighted by molar-refractivity contribution is 0.285. The van der Waals surface area contributed by atoms with Crippen LogP contribution >= 0.6 is 11.3 Å². The lowest BCUT2D eigenvalue weighted by Gasteiger charge is -2.25. The summed E-state index contributed by atoms with van der Waals surface area (Å²) in [6.07, 6.45) is 3.57. The highest BCUT2D eigenvalue weighted by molar-refractivity contribution is 7.11. The summed E-state index contributed by atoms with van der Waals surface area (Å²) in [6.45, 7) is 9.90. The van der Waals surface area contributed by atoms with E-state index in [1.807, 2.05) is 11.3 Å². The molecule has 1 aromatic heterocycles. The molecule has 1 aliphatic rings. The van der Waals surface area contributed by atoms with E-state index in [0.717, 1.165) is 26.2 Å². The van der Waals surface area contributed by atoms with E-state index in [0.29, 0.717) is 0 Å². The van der Waals surface area contributed by atoms with Gasteiger partial charge < -0.3 is 5.32 Å². The number of hydrogen-bond donors (Lipinski definition) is 1. The largest absolute Gasteiger partial charge is 0.312 e. The maximum atomic E-state index is 3.38. The Balaban J connectivity index is 1.86. The standard InChI is InChI=1S/C14H22N2S/c1-3-15-9-13-6-7-14(17-13)11-16-8-4-5-12(2)10-16/h5-7,15H,3-4,8-11H2,1-2H3. The van der Waals surface area contributed by atoms with Crippen molar-refractivity contribution in [3.05, 3.63) is 33.5 Å². The lowest BCUT2D eigenvalue weighted by Crippen LogP contribution is -2.28. The second kappa shape index (κ2) is 6.34. The van der Waals surface area contributed by atoms with Gasteiger partial charge in [0.1, 0.15) is 0 Å². The Kier molecular flexibility index (Phi) is 4.77. The maximum Gasteiger partial charge on any atom is 0.0331 e. The van der Waals surface area contributed by atoms with Gasteiger partial charge >= 0.3 is 0 Å². The average Bonchev–Trinajstić information content (AvgIpc) is 2.74. The van der Waals surface area contributed by atoms with Gasteiger partial charge in [0, 0.05) is 35.9 Å². The van der Waals surface area contributed by atoms with Crippen molar-refractivity contribution in [1.29, 1.82) is 0 Å². The van der Waals surface area contributed by atoms with Crippen LogP contribution in [-0.2, 0) is 13.1 Å². The predicted molar refractivity (Wildman–Crippen MR) is 75.4 cm³/mol. The molecule has 0 fully saturated rings. The highest BCUT2D eigenvalue weighted by atomic mass is 32.1. The fourth-order valence-electron chi connectivity index (χ4n) is 2.20. The Labute approximate surface area is 108 Å². The van der Waals surface area contributed by atoms with Gasteiger partial charge in [0.15, 0.2) is 0 Å². The molecule has 1 aromatic rings. The van der Waals surface area contributed by atoms with Gasteiger partial charge in [-0.25, -0.2) is 0 Å². The van der Waals surface area contributed by atoms with Crippen molar-refractivity contribution in [2.24, 2.45) is 0 Å². The van der Waals surface area contributed by atoms with Gasteiger partial charge in [-0.05, 0) is 32.0 Å². The fourth-order valence-corrected chi connectivity index (χ4v) is 3.23.